The number of benzene rings is 2. The van der Waals surface area contributed by atoms with Gasteiger partial charge in [-0.3, -0.25) is 10.9 Å². The highest BCUT2D eigenvalue weighted by Gasteiger charge is 2.27. The number of hydrogen-bond donors (Lipinski definition) is 4. The molecule has 2 aromatic rings. The second kappa shape index (κ2) is 8.98. The lowest BCUT2D eigenvalue weighted by atomic mass is 10.0. The molecule has 8 nitrogen and oxygen atoms in total. The van der Waals surface area contributed by atoms with Crippen LogP contribution in [0.2, 0.25) is 0 Å². The van der Waals surface area contributed by atoms with Gasteiger partial charge in [-0.1, -0.05) is 36.4 Å². The van der Waals surface area contributed by atoms with E-state index < -0.39 is 11.1 Å². The Hall–Kier alpha value is -3.42. The number of rotatable bonds is 8. The van der Waals surface area contributed by atoms with Crippen molar-refractivity contribution in [3.05, 3.63) is 60.7 Å². The van der Waals surface area contributed by atoms with Gasteiger partial charge in [0.25, 0.3) is 0 Å². The van der Waals surface area contributed by atoms with Crippen LogP contribution in [0.25, 0.3) is 0 Å². The number of amidine groups is 2. The maximum absolute atomic E-state index is 6.10. The molecule has 2 rings (SSSR count). The van der Waals surface area contributed by atoms with E-state index in [-0.39, 0.29) is 0 Å². The van der Waals surface area contributed by atoms with Crippen molar-refractivity contribution in [2.24, 2.45) is 31.9 Å². The molecule has 6 N–H and O–H groups in total. The van der Waals surface area contributed by atoms with Crippen molar-refractivity contribution in [1.29, 1.82) is 0 Å². The first-order valence-electron chi connectivity index (χ1n) is 8.94. The van der Waals surface area contributed by atoms with Gasteiger partial charge in [0, 0.05) is 0 Å². The Labute approximate surface area is 165 Å². The number of para-hydroxylation sites is 2. The minimum absolute atomic E-state index is 0.300. The molecule has 0 spiro atoms. The van der Waals surface area contributed by atoms with Crippen molar-refractivity contribution < 1.29 is 0 Å². The quantitative estimate of drug-likeness (QED) is 0.241. The molecule has 0 aliphatic carbocycles. The summed E-state index contributed by atoms with van der Waals surface area (Å²) in [5, 5.41) is 17.1. The molecule has 0 heterocycles. The summed E-state index contributed by atoms with van der Waals surface area (Å²) in [5.74, 6) is 0.600. The van der Waals surface area contributed by atoms with Crippen LogP contribution in [0.5, 0.6) is 0 Å². The zero-order valence-corrected chi connectivity index (χ0v) is 16.7. The van der Waals surface area contributed by atoms with Gasteiger partial charge in [0.2, 0.25) is 0 Å². The molecule has 0 unspecified atom stereocenters. The van der Waals surface area contributed by atoms with Crippen molar-refractivity contribution in [3.8, 4) is 0 Å². The second-order valence-corrected chi connectivity index (χ2v) is 7.27. The minimum Gasteiger partial charge on any atom is -0.384 e. The standard InChI is InChI=1S/C20H28N8/c1-19(2,17(21)25-23-15-11-7-5-8-12-15)27-28-20(3,4)18(22)26-24-16-13-9-6-10-14-16/h5-14,23-24H,1-4H3,(H2,21,25)(H2,22,26). The molecule has 0 fully saturated rings. The van der Waals surface area contributed by atoms with Gasteiger partial charge in [0.1, 0.15) is 22.7 Å². The molecule has 0 saturated heterocycles. The molecular weight excluding hydrogens is 352 g/mol. The van der Waals surface area contributed by atoms with E-state index in [4.69, 9.17) is 11.5 Å². The van der Waals surface area contributed by atoms with E-state index >= 15 is 0 Å². The van der Waals surface area contributed by atoms with E-state index in [0.717, 1.165) is 11.4 Å². The normalized spacial score (nSPS) is 13.6. The zero-order valence-electron chi connectivity index (χ0n) is 16.7. The highest BCUT2D eigenvalue weighted by Crippen LogP contribution is 2.17. The molecular formula is C20H28N8. The van der Waals surface area contributed by atoms with Crippen molar-refractivity contribution in [2.75, 3.05) is 10.9 Å². The van der Waals surface area contributed by atoms with Gasteiger partial charge in [0.05, 0.1) is 11.4 Å². The SMILES string of the molecule is CC(C)(N=NC(C)(C)/C(N)=N/Nc1ccccc1)/C(N)=N/Nc1ccccc1. The number of nitrogens with one attached hydrogen (secondary N) is 2. The van der Waals surface area contributed by atoms with Crippen molar-refractivity contribution in [2.45, 2.75) is 38.8 Å². The summed E-state index contributed by atoms with van der Waals surface area (Å²) >= 11 is 0. The summed E-state index contributed by atoms with van der Waals surface area (Å²) < 4.78 is 0. The monoisotopic (exact) mass is 380 g/mol. The van der Waals surface area contributed by atoms with Gasteiger partial charge in [-0.25, -0.2) is 0 Å². The van der Waals surface area contributed by atoms with Crippen molar-refractivity contribution in [3.63, 3.8) is 0 Å². The van der Waals surface area contributed by atoms with Crippen LogP contribution >= 0.6 is 0 Å². The van der Waals surface area contributed by atoms with Gasteiger partial charge in [-0.05, 0) is 52.0 Å². The van der Waals surface area contributed by atoms with Crippen LogP contribution in [0.1, 0.15) is 27.7 Å². The van der Waals surface area contributed by atoms with E-state index in [1.165, 1.54) is 0 Å². The third-order valence-electron chi connectivity index (χ3n) is 3.96. The van der Waals surface area contributed by atoms with Crippen LogP contribution in [0.15, 0.2) is 81.1 Å². The molecule has 28 heavy (non-hydrogen) atoms. The van der Waals surface area contributed by atoms with Gasteiger partial charge in [0.15, 0.2) is 0 Å². The molecule has 0 amide bonds. The van der Waals surface area contributed by atoms with Gasteiger partial charge in [-0.2, -0.15) is 20.4 Å². The Bertz CT molecular complexity index is 768. The van der Waals surface area contributed by atoms with E-state index in [0.29, 0.717) is 11.7 Å². The second-order valence-electron chi connectivity index (χ2n) is 7.27. The van der Waals surface area contributed by atoms with Crippen LogP contribution in [0, 0.1) is 0 Å². The lowest BCUT2D eigenvalue weighted by molar-refractivity contribution is 0.559. The highest BCUT2D eigenvalue weighted by atomic mass is 15.3. The number of hydrazone groups is 2. The predicted octanol–water partition coefficient (Wildman–Crippen LogP) is 3.76. The van der Waals surface area contributed by atoms with Crippen LogP contribution in [-0.2, 0) is 0 Å². The summed E-state index contributed by atoms with van der Waals surface area (Å²) in [7, 11) is 0. The first-order valence-corrected chi connectivity index (χ1v) is 8.94. The molecule has 0 bridgehead atoms. The first-order chi connectivity index (χ1) is 13.2. The smallest absolute Gasteiger partial charge is 0.149 e. The average molecular weight is 381 g/mol. The van der Waals surface area contributed by atoms with E-state index in [9.17, 15) is 0 Å². The molecule has 8 heteroatoms. The molecule has 0 aliphatic rings. The van der Waals surface area contributed by atoms with Crippen LogP contribution in [0.4, 0.5) is 11.4 Å². The van der Waals surface area contributed by atoms with E-state index in [1.807, 2.05) is 88.4 Å². The van der Waals surface area contributed by atoms with E-state index in [1.54, 1.807) is 0 Å². The zero-order chi connectivity index (χ0) is 20.6. The number of hydrogen-bond acceptors (Lipinski definition) is 6. The van der Waals surface area contributed by atoms with Gasteiger partial charge in [-0.15, -0.1) is 0 Å². The van der Waals surface area contributed by atoms with Gasteiger partial charge < -0.3 is 11.5 Å². The first kappa shape index (κ1) is 20.9. The fourth-order valence-electron chi connectivity index (χ4n) is 1.90. The lowest BCUT2D eigenvalue weighted by Gasteiger charge is -2.22. The van der Waals surface area contributed by atoms with Crippen LogP contribution in [-0.4, -0.2) is 22.7 Å². The summed E-state index contributed by atoms with van der Waals surface area (Å²) in [6.45, 7) is 7.31. The van der Waals surface area contributed by atoms with Gasteiger partial charge >= 0.3 is 0 Å². The van der Waals surface area contributed by atoms with Crippen LogP contribution in [0.3, 0.4) is 0 Å². The maximum Gasteiger partial charge on any atom is 0.149 e. The van der Waals surface area contributed by atoms with Crippen molar-refractivity contribution >= 4 is 23.0 Å². The third-order valence-corrected chi connectivity index (χ3v) is 3.96. The topological polar surface area (TPSA) is 126 Å². The number of anilines is 2. The summed E-state index contributed by atoms with van der Waals surface area (Å²) in [5.41, 5.74) is 18.1. The number of nitrogens with zero attached hydrogens (tertiary/aromatic N) is 4. The third kappa shape index (κ3) is 6.08. The molecule has 148 valence electrons. The van der Waals surface area contributed by atoms with E-state index in [2.05, 4.69) is 31.3 Å². The molecule has 0 saturated carbocycles. The number of azo groups is 1. The Morgan fingerprint density at radius 3 is 1.29 bits per heavy atom. The molecule has 0 aliphatic heterocycles. The predicted molar refractivity (Wildman–Crippen MR) is 116 cm³/mol. The molecule has 0 atom stereocenters. The molecule has 0 aromatic heterocycles. The Kier molecular flexibility index (Phi) is 6.70. The number of nitrogens with two attached hydrogens (primary N) is 2. The Balaban J connectivity index is 2.05. The van der Waals surface area contributed by atoms with Crippen molar-refractivity contribution in [1.82, 2.24) is 0 Å². The summed E-state index contributed by atoms with van der Waals surface area (Å²) in [6, 6.07) is 19.1. The minimum atomic E-state index is -0.813. The highest BCUT2D eigenvalue weighted by molar-refractivity contribution is 5.91. The summed E-state index contributed by atoms with van der Waals surface area (Å²) in [4.78, 5) is 0. The Morgan fingerprint density at radius 2 is 0.964 bits per heavy atom. The summed E-state index contributed by atoms with van der Waals surface area (Å²) in [6.07, 6.45) is 0. The Morgan fingerprint density at radius 1 is 0.643 bits per heavy atom. The van der Waals surface area contributed by atoms with Crippen LogP contribution < -0.4 is 22.3 Å². The fraction of sp³-hybridized carbons (Fsp3) is 0.300. The lowest BCUT2D eigenvalue weighted by Crippen LogP contribution is -2.40. The maximum atomic E-state index is 6.10. The average Bonchev–Trinajstić information content (AvgIpc) is 2.70. The fourth-order valence-corrected chi connectivity index (χ4v) is 1.90. The molecule has 0 radical (unpaired) electrons. The largest absolute Gasteiger partial charge is 0.384 e. The molecule has 2 aromatic carbocycles.